The fourth-order valence-electron chi connectivity index (χ4n) is 2.25. The van der Waals surface area contributed by atoms with Gasteiger partial charge in [-0.3, -0.25) is 0 Å². The third kappa shape index (κ3) is 3.62. The number of nitrogens with one attached hydrogen (secondary N) is 1. The van der Waals surface area contributed by atoms with Crippen LogP contribution in [0.4, 0.5) is 11.4 Å². The molecule has 0 radical (unpaired) electrons. The van der Waals surface area contributed by atoms with E-state index in [2.05, 4.69) is 82.5 Å². The largest absolute Gasteiger partial charge is 0.341 e. The maximum atomic E-state index is 3.71. The van der Waals surface area contributed by atoms with Crippen LogP contribution >= 0.6 is 15.9 Å². The van der Waals surface area contributed by atoms with Gasteiger partial charge in [0.15, 0.2) is 0 Å². The number of hydrogen-bond acceptors (Lipinski definition) is 2. The molecule has 0 aliphatic carbocycles. The number of nitrogens with zero attached hydrogens (tertiary/aromatic N) is 1. The van der Waals surface area contributed by atoms with Gasteiger partial charge in [0.2, 0.25) is 0 Å². The highest BCUT2D eigenvalue weighted by molar-refractivity contribution is 9.10. The minimum absolute atomic E-state index is 0.910. The third-order valence-electron chi connectivity index (χ3n) is 3.27. The predicted molar refractivity (Wildman–Crippen MR) is 90.6 cm³/mol. The Kier molecular flexibility index (Phi) is 5.62. The van der Waals surface area contributed by atoms with E-state index in [1.807, 2.05) is 6.07 Å². The molecular weight excluding hydrogens is 312 g/mol. The standard InChI is InChI=1S/C17H21BrN2/c1-3-19-13-14-10-11-17(16(18)12-14)20(4-2)15-8-6-5-7-9-15/h5-12,19H,3-4,13H2,1-2H3. The first kappa shape index (κ1) is 15.1. The molecule has 2 rings (SSSR count). The van der Waals surface area contributed by atoms with E-state index >= 15 is 0 Å². The highest BCUT2D eigenvalue weighted by Crippen LogP contribution is 2.32. The molecule has 0 aromatic heterocycles. The van der Waals surface area contributed by atoms with E-state index in [0.29, 0.717) is 0 Å². The molecule has 0 aliphatic rings. The van der Waals surface area contributed by atoms with Crippen LogP contribution in [-0.2, 0) is 6.54 Å². The summed E-state index contributed by atoms with van der Waals surface area (Å²) < 4.78 is 1.14. The summed E-state index contributed by atoms with van der Waals surface area (Å²) in [7, 11) is 0. The maximum Gasteiger partial charge on any atom is 0.0555 e. The average Bonchev–Trinajstić information content (AvgIpc) is 2.49. The molecule has 2 nitrogen and oxygen atoms in total. The van der Waals surface area contributed by atoms with Gasteiger partial charge in [-0.1, -0.05) is 31.2 Å². The molecule has 0 saturated heterocycles. The highest BCUT2D eigenvalue weighted by Gasteiger charge is 2.10. The van der Waals surface area contributed by atoms with E-state index in [1.54, 1.807) is 0 Å². The minimum atomic E-state index is 0.910. The van der Waals surface area contributed by atoms with Crippen LogP contribution in [0.2, 0.25) is 0 Å². The Morgan fingerprint density at radius 1 is 1.05 bits per heavy atom. The van der Waals surface area contributed by atoms with Gasteiger partial charge >= 0.3 is 0 Å². The highest BCUT2D eigenvalue weighted by atomic mass is 79.9. The molecular formula is C17H21BrN2. The van der Waals surface area contributed by atoms with Gasteiger partial charge in [-0.05, 0) is 59.2 Å². The van der Waals surface area contributed by atoms with Gasteiger partial charge in [0.25, 0.3) is 0 Å². The summed E-state index contributed by atoms with van der Waals surface area (Å²) >= 11 is 3.71. The van der Waals surface area contributed by atoms with Crippen LogP contribution in [0.25, 0.3) is 0 Å². The van der Waals surface area contributed by atoms with Crippen molar-refractivity contribution in [2.24, 2.45) is 0 Å². The van der Waals surface area contributed by atoms with E-state index in [0.717, 1.165) is 24.1 Å². The zero-order valence-corrected chi connectivity index (χ0v) is 13.7. The van der Waals surface area contributed by atoms with Crippen molar-refractivity contribution in [1.29, 1.82) is 0 Å². The Morgan fingerprint density at radius 3 is 2.40 bits per heavy atom. The van der Waals surface area contributed by atoms with Crippen molar-refractivity contribution in [3.8, 4) is 0 Å². The van der Waals surface area contributed by atoms with Gasteiger partial charge in [-0.2, -0.15) is 0 Å². The van der Waals surface area contributed by atoms with Crippen molar-refractivity contribution in [1.82, 2.24) is 5.32 Å². The Labute approximate surface area is 129 Å². The molecule has 2 aromatic rings. The number of benzene rings is 2. The van der Waals surface area contributed by atoms with Crippen molar-refractivity contribution in [3.63, 3.8) is 0 Å². The van der Waals surface area contributed by atoms with E-state index in [9.17, 15) is 0 Å². The first-order valence-electron chi connectivity index (χ1n) is 7.08. The Balaban J connectivity index is 2.27. The zero-order chi connectivity index (χ0) is 14.4. The molecule has 0 unspecified atom stereocenters. The molecule has 106 valence electrons. The smallest absolute Gasteiger partial charge is 0.0555 e. The average molecular weight is 333 g/mol. The Hall–Kier alpha value is -1.32. The maximum absolute atomic E-state index is 3.71. The van der Waals surface area contributed by atoms with E-state index in [-0.39, 0.29) is 0 Å². The zero-order valence-electron chi connectivity index (χ0n) is 12.1. The molecule has 0 amide bonds. The molecule has 2 aromatic carbocycles. The summed E-state index contributed by atoms with van der Waals surface area (Å²) in [5, 5.41) is 3.35. The van der Waals surface area contributed by atoms with Gasteiger partial charge in [-0.15, -0.1) is 0 Å². The van der Waals surface area contributed by atoms with E-state index in [1.165, 1.54) is 16.9 Å². The molecule has 0 bridgehead atoms. The van der Waals surface area contributed by atoms with Crippen LogP contribution in [0.15, 0.2) is 53.0 Å². The van der Waals surface area contributed by atoms with Crippen LogP contribution in [0.1, 0.15) is 19.4 Å². The second-order valence-corrected chi connectivity index (χ2v) is 5.50. The van der Waals surface area contributed by atoms with Crippen molar-refractivity contribution in [2.75, 3.05) is 18.0 Å². The van der Waals surface area contributed by atoms with Crippen LogP contribution < -0.4 is 10.2 Å². The van der Waals surface area contributed by atoms with Crippen LogP contribution in [0.5, 0.6) is 0 Å². The van der Waals surface area contributed by atoms with Gasteiger partial charge in [-0.25, -0.2) is 0 Å². The van der Waals surface area contributed by atoms with Crippen LogP contribution in [0.3, 0.4) is 0 Å². The first-order chi connectivity index (χ1) is 9.76. The number of halogens is 1. The SMILES string of the molecule is CCNCc1ccc(N(CC)c2ccccc2)c(Br)c1. The molecule has 0 saturated carbocycles. The van der Waals surface area contributed by atoms with Gasteiger partial charge in [0.1, 0.15) is 0 Å². The summed E-state index contributed by atoms with van der Waals surface area (Å²) in [5.41, 5.74) is 3.72. The Morgan fingerprint density at radius 2 is 1.80 bits per heavy atom. The third-order valence-corrected chi connectivity index (χ3v) is 3.90. The molecule has 0 fully saturated rings. The number of anilines is 2. The monoisotopic (exact) mass is 332 g/mol. The summed E-state index contributed by atoms with van der Waals surface area (Å²) in [4.78, 5) is 2.31. The van der Waals surface area contributed by atoms with Crippen LogP contribution in [0, 0.1) is 0 Å². The van der Waals surface area contributed by atoms with Crippen molar-refractivity contribution in [3.05, 3.63) is 58.6 Å². The number of para-hydroxylation sites is 1. The molecule has 1 N–H and O–H groups in total. The molecule has 0 heterocycles. The van der Waals surface area contributed by atoms with Crippen molar-refractivity contribution >= 4 is 27.3 Å². The quantitative estimate of drug-likeness (QED) is 0.823. The lowest BCUT2D eigenvalue weighted by atomic mass is 10.1. The normalized spacial score (nSPS) is 10.6. The fraction of sp³-hybridized carbons (Fsp3) is 0.294. The van der Waals surface area contributed by atoms with E-state index < -0.39 is 0 Å². The first-order valence-corrected chi connectivity index (χ1v) is 7.87. The summed E-state index contributed by atoms with van der Waals surface area (Å²) in [5.74, 6) is 0. The lowest BCUT2D eigenvalue weighted by Crippen LogP contribution is -2.17. The van der Waals surface area contributed by atoms with Gasteiger partial charge in [0, 0.05) is 23.2 Å². The van der Waals surface area contributed by atoms with Crippen LogP contribution in [-0.4, -0.2) is 13.1 Å². The molecule has 20 heavy (non-hydrogen) atoms. The topological polar surface area (TPSA) is 15.3 Å². The second kappa shape index (κ2) is 7.46. The second-order valence-electron chi connectivity index (χ2n) is 4.65. The lowest BCUT2D eigenvalue weighted by molar-refractivity contribution is 0.726. The minimum Gasteiger partial charge on any atom is -0.341 e. The predicted octanol–water partition coefficient (Wildman–Crippen LogP) is 4.72. The lowest BCUT2D eigenvalue weighted by Gasteiger charge is -2.25. The van der Waals surface area contributed by atoms with Crippen molar-refractivity contribution < 1.29 is 0 Å². The fourth-order valence-corrected chi connectivity index (χ4v) is 2.89. The summed E-state index contributed by atoms with van der Waals surface area (Å²) in [6.45, 7) is 7.14. The molecule has 0 spiro atoms. The number of hydrogen-bond donors (Lipinski definition) is 1. The Bertz CT molecular complexity index is 540. The van der Waals surface area contributed by atoms with E-state index in [4.69, 9.17) is 0 Å². The molecule has 3 heteroatoms. The van der Waals surface area contributed by atoms with Crippen molar-refractivity contribution in [2.45, 2.75) is 20.4 Å². The molecule has 0 aliphatic heterocycles. The summed E-state index contributed by atoms with van der Waals surface area (Å²) in [6, 6.07) is 17.1. The molecule has 0 atom stereocenters. The van der Waals surface area contributed by atoms with Gasteiger partial charge < -0.3 is 10.2 Å². The van der Waals surface area contributed by atoms with Gasteiger partial charge in [0.05, 0.1) is 5.69 Å². The number of rotatable bonds is 6. The summed E-state index contributed by atoms with van der Waals surface area (Å²) in [6.07, 6.45) is 0.